The van der Waals surface area contributed by atoms with Gasteiger partial charge in [0.2, 0.25) is 0 Å². The third kappa shape index (κ3) is 2.22. The molecule has 0 aliphatic carbocycles. The molecular weight excluding hydrogens is 220 g/mol. The van der Waals surface area contributed by atoms with E-state index in [9.17, 15) is 4.79 Å². The molecule has 1 aromatic carbocycles. The molecule has 2 rings (SSSR count). The van der Waals surface area contributed by atoms with E-state index in [-0.39, 0.29) is 11.2 Å². The standard InChI is InChI=1S/C10H9ClO2S/c11-7-1-3-8(4-2-7)14-9-5-6-13-10(9)12/h1-4,9H,5-6H2/t9-/m0/s1. The van der Waals surface area contributed by atoms with Crippen molar-refractivity contribution >= 4 is 29.3 Å². The van der Waals surface area contributed by atoms with Gasteiger partial charge in [-0.05, 0) is 24.3 Å². The summed E-state index contributed by atoms with van der Waals surface area (Å²) in [7, 11) is 0. The first-order valence-corrected chi connectivity index (χ1v) is 5.60. The Hall–Kier alpha value is -0.670. The van der Waals surface area contributed by atoms with Crippen LogP contribution in [0.1, 0.15) is 6.42 Å². The second-order valence-electron chi connectivity index (χ2n) is 3.02. The molecule has 1 saturated heterocycles. The summed E-state index contributed by atoms with van der Waals surface area (Å²) in [5.74, 6) is -0.107. The summed E-state index contributed by atoms with van der Waals surface area (Å²) in [4.78, 5) is 12.2. The molecule has 0 N–H and O–H groups in total. The highest BCUT2D eigenvalue weighted by Gasteiger charge is 2.27. The molecule has 0 saturated carbocycles. The molecular formula is C10H9ClO2S. The third-order valence-electron chi connectivity index (χ3n) is 1.98. The summed E-state index contributed by atoms with van der Waals surface area (Å²) in [5.41, 5.74) is 0. The second-order valence-corrected chi connectivity index (χ2v) is 4.73. The molecule has 1 fully saturated rings. The second kappa shape index (κ2) is 4.24. The molecule has 1 aromatic rings. The predicted molar refractivity (Wildman–Crippen MR) is 56.7 cm³/mol. The van der Waals surface area contributed by atoms with E-state index in [1.54, 1.807) is 0 Å². The van der Waals surface area contributed by atoms with E-state index in [2.05, 4.69) is 0 Å². The molecule has 0 bridgehead atoms. The van der Waals surface area contributed by atoms with E-state index >= 15 is 0 Å². The first-order valence-electron chi connectivity index (χ1n) is 4.34. The van der Waals surface area contributed by atoms with E-state index in [0.29, 0.717) is 11.6 Å². The number of halogens is 1. The van der Waals surface area contributed by atoms with Crippen LogP contribution in [0.2, 0.25) is 5.02 Å². The van der Waals surface area contributed by atoms with E-state index in [4.69, 9.17) is 16.3 Å². The number of ether oxygens (including phenoxy) is 1. The number of esters is 1. The Labute approximate surface area is 91.6 Å². The number of cyclic esters (lactones) is 1. The molecule has 1 aliphatic heterocycles. The molecule has 0 aromatic heterocycles. The molecule has 0 amide bonds. The highest BCUT2D eigenvalue weighted by Crippen LogP contribution is 2.29. The lowest BCUT2D eigenvalue weighted by molar-refractivity contribution is -0.137. The van der Waals surface area contributed by atoms with Crippen LogP contribution >= 0.6 is 23.4 Å². The van der Waals surface area contributed by atoms with Gasteiger partial charge in [0.15, 0.2) is 0 Å². The van der Waals surface area contributed by atoms with Gasteiger partial charge < -0.3 is 4.74 Å². The average molecular weight is 229 g/mol. The molecule has 14 heavy (non-hydrogen) atoms. The molecule has 0 unspecified atom stereocenters. The minimum absolute atomic E-state index is 0.0452. The fraction of sp³-hybridized carbons (Fsp3) is 0.300. The lowest BCUT2D eigenvalue weighted by Crippen LogP contribution is -2.08. The fourth-order valence-electron chi connectivity index (χ4n) is 1.26. The maximum Gasteiger partial charge on any atom is 0.319 e. The van der Waals surface area contributed by atoms with Crippen molar-refractivity contribution in [3.8, 4) is 0 Å². The van der Waals surface area contributed by atoms with Crippen molar-refractivity contribution in [2.75, 3.05) is 6.61 Å². The number of carbonyl (C=O) groups excluding carboxylic acids is 1. The van der Waals surface area contributed by atoms with Gasteiger partial charge in [-0.2, -0.15) is 0 Å². The molecule has 1 aliphatic rings. The van der Waals surface area contributed by atoms with Gasteiger partial charge >= 0.3 is 5.97 Å². The monoisotopic (exact) mass is 228 g/mol. The summed E-state index contributed by atoms with van der Waals surface area (Å²) in [6.45, 7) is 0.546. The van der Waals surface area contributed by atoms with Crippen LogP contribution in [0.3, 0.4) is 0 Å². The molecule has 1 heterocycles. The summed E-state index contributed by atoms with van der Waals surface area (Å²) in [5, 5.41) is 0.666. The number of rotatable bonds is 2. The van der Waals surface area contributed by atoms with Gasteiger partial charge in [-0.3, -0.25) is 4.79 Å². The Morgan fingerprint density at radius 3 is 2.64 bits per heavy atom. The van der Waals surface area contributed by atoms with Gasteiger partial charge in [-0.15, -0.1) is 11.8 Å². The molecule has 1 atom stereocenters. The van der Waals surface area contributed by atoms with Gasteiger partial charge in [0.05, 0.1) is 6.61 Å². The van der Waals surface area contributed by atoms with Crippen molar-refractivity contribution in [2.45, 2.75) is 16.6 Å². The van der Waals surface area contributed by atoms with Crippen LogP contribution in [0.4, 0.5) is 0 Å². The van der Waals surface area contributed by atoms with Crippen molar-refractivity contribution in [2.24, 2.45) is 0 Å². The highest BCUT2D eigenvalue weighted by molar-refractivity contribution is 8.00. The number of hydrogen-bond acceptors (Lipinski definition) is 3. The zero-order chi connectivity index (χ0) is 9.97. The predicted octanol–water partition coefficient (Wildman–Crippen LogP) is 2.75. The number of carbonyl (C=O) groups is 1. The van der Waals surface area contributed by atoms with Crippen LogP contribution in [0, 0.1) is 0 Å². The van der Waals surface area contributed by atoms with E-state index in [1.165, 1.54) is 11.8 Å². The quantitative estimate of drug-likeness (QED) is 0.729. The minimum Gasteiger partial charge on any atom is -0.465 e. The minimum atomic E-state index is -0.107. The SMILES string of the molecule is O=C1OCC[C@@H]1Sc1ccc(Cl)cc1. The van der Waals surface area contributed by atoms with Crippen molar-refractivity contribution in [3.05, 3.63) is 29.3 Å². The Kier molecular flexibility index (Phi) is 2.99. The zero-order valence-corrected chi connectivity index (χ0v) is 8.98. The van der Waals surface area contributed by atoms with Crippen LogP contribution in [-0.2, 0) is 9.53 Å². The van der Waals surface area contributed by atoms with Gasteiger partial charge in [0.1, 0.15) is 5.25 Å². The molecule has 0 radical (unpaired) electrons. The molecule has 4 heteroatoms. The van der Waals surface area contributed by atoms with Crippen LogP contribution in [-0.4, -0.2) is 17.8 Å². The molecule has 74 valence electrons. The van der Waals surface area contributed by atoms with Crippen molar-refractivity contribution in [3.63, 3.8) is 0 Å². The Morgan fingerprint density at radius 1 is 1.36 bits per heavy atom. The van der Waals surface area contributed by atoms with Gasteiger partial charge in [0.25, 0.3) is 0 Å². The normalized spacial score (nSPS) is 20.9. The van der Waals surface area contributed by atoms with Crippen LogP contribution in [0.25, 0.3) is 0 Å². The lowest BCUT2D eigenvalue weighted by atomic mass is 10.4. The third-order valence-corrected chi connectivity index (χ3v) is 3.49. The maximum atomic E-state index is 11.2. The largest absolute Gasteiger partial charge is 0.465 e. The van der Waals surface area contributed by atoms with Gasteiger partial charge in [-0.25, -0.2) is 0 Å². The highest BCUT2D eigenvalue weighted by atomic mass is 35.5. The summed E-state index contributed by atoms with van der Waals surface area (Å²) in [6.07, 6.45) is 0.798. The first-order chi connectivity index (χ1) is 6.75. The van der Waals surface area contributed by atoms with Crippen LogP contribution < -0.4 is 0 Å². The van der Waals surface area contributed by atoms with E-state index in [1.807, 2.05) is 24.3 Å². The fourth-order valence-corrected chi connectivity index (χ4v) is 2.39. The average Bonchev–Trinajstić information content (AvgIpc) is 2.56. The van der Waals surface area contributed by atoms with Crippen molar-refractivity contribution in [1.29, 1.82) is 0 Å². The Morgan fingerprint density at radius 2 is 2.07 bits per heavy atom. The van der Waals surface area contributed by atoms with E-state index < -0.39 is 0 Å². The van der Waals surface area contributed by atoms with Crippen molar-refractivity contribution in [1.82, 2.24) is 0 Å². The van der Waals surface area contributed by atoms with Crippen LogP contribution in [0.15, 0.2) is 29.2 Å². The van der Waals surface area contributed by atoms with Gasteiger partial charge in [-0.1, -0.05) is 11.6 Å². The lowest BCUT2D eigenvalue weighted by Gasteiger charge is -2.04. The topological polar surface area (TPSA) is 26.3 Å². The number of benzene rings is 1. The van der Waals surface area contributed by atoms with E-state index in [0.717, 1.165) is 11.3 Å². The molecule has 0 spiro atoms. The summed E-state index contributed by atoms with van der Waals surface area (Å²) >= 11 is 7.29. The number of hydrogen-bond donors (Lipinski definition) is 0. The smallest absolute Gasteiger partial charge is 0.319 e. The van der Waals surface area contributed by atoms with Gasteiger partial charge in [0, 0.05) is 16.3 Å². The Balaban J connectivity index is 2.03. The molecule has 2 nitrogen and oxygen atoms in total. The van der Waals surface area contributed by atoms with Crippen LogP contribution in [0.5, 0.6) is 0 Å². The summed E-state index contributed by atoms with van der Waals surface area (Å²) in [6, 6.07) is 7.48. The number of thioether (sulfide) groups is 1. The summed E-state index contributed by atoms with van der Waals surface area (Å²) < 4.78 is 4.88. The van der Waals surface area contributed by atoms with Crippen molar-refractivity contribution < 1.29 is 9.53 Å². The first kappa shape index (κ1) is 9.87. The zero-order valence-electron chi connectivity index (χ0n) is 7.40. The maximum absolute atomic E-state index is 11.2. The Bertz CT molecular complexity index is 336.